The molecule has 1 heterocycles. The van der Waals surface area contributed by atoms with Crippen molar-refractivity contribution in [3.05, 3.63) is 41.0 Å². The van der Waals surface area contributed by atoms with E-state index in [1.165, 1.54) is 11.1 Å². The number of anilines is 3. The molecule has 0 atom stereocenters. The third kappa shape index (κ3) is 6.16. The average molecular weight is 412 g/mol. The van der Waals surface area contributed by atoms with Gasteiger partial charge in [-0.1, -0.05) is 43.7 Å². The second-order valence-electron chi connectivity index (χ2n) is 7.51. The monoisotopic (exact) mass is 411 g/mol. The van der Waals surface area contributed by atoms with Gasteiger partial charge in [-0.3, -0.25) is 5.01 Å². The first-order valence-corrected chi connectivity index (χ1v) is 10.8. The van der Waals surface area contributed by atoms with Crippen molar-refractivity contribution in [1.82, 2.24) is 14.9 Å². The molecule has 0 fully saturated rings. The molecule has 0 aliphatic carbocycles. The third-order valence-corrected chi connectivity index (χ3v) is 5.34. The molecule has 1 aromatic carbocycles. The average Bonchev–Trinajstić information content (AvgIpc) is 2.76. The molecule has 0 saturated heterocycles. The lowest BCUT2D eigenvalue weighted by Gasteiger charge is -2.27. The van der Waals surface area contributed by atoms with E-state index < -0.39 is 0 Å². The zero-order chi connectivity index (χ0) is 22.1. The van der Waals surface area contributed by atoms with Crippen LogP contribution in [0.5, 0.6) is 0 Å². The van der Waals surface area contributed by atoms with Crippen molar-refractivity contribution in [3.8, 4) is 0 Å². The van der Waals surface area contributed by atoms with E-state index in [-0.39, 0.29) is 0 Å². The highest BCUT2D eigenvalue weighted by Crippen LogP contribution is 2.28. The maximum Gasteiger partial charge on any atom is 0.229 e. The Morgan fingerprint density at radius 2 is 1.83 bits per heavy atom. The highest BCUT2D eigenvalue weighted by atomic mass is 15.5. The van der Waals surface area contributed by atoms with Crippen LogP contribution < -0.4 is 15.2 Å². The fraction of sp³-hybridized carbons (Fsp3) is 0.522. The molecule has 0 radical (unpaired) electrons. The van der Waals surface area contributed by atoms with Gasteiger partial charge in [-0.15, -0.1) is 0 Å². The Hall–Kier alpha value is -2.67. The summed E-state index contributed by atoms with van der Waals surface area (Å²) in [5.74, 6) is 2.37. The largest absolute Gasteiger partial charge is 0.366 e. The van der Waals surface area contributed by atoms with Crippen LogP contribution in [0, 0.1) is 6.92 Å². The first-order chi connectivity index (χ1) is 14.4. The van der Waals surface area contributed by atoms with Crippen LogP contribution in [-0.4, -0.2) is 61.9 Å². The Morgan fingerprint density at radius 1 is 1.07 bits per heavy atom. The lowest BCUT2D eigenvalue weighted by atomic mass is 10.1. The second kappa shape index (κ2) is 11.5. The number of benzene rings is 1. The van der Waals surface area contributed by atoms with Crippen LogP contribution in [0.15, 0.2) is 29.4 Å². The standard InChI is InChI=1S/C23H37N7/c1-8-20-21(25-17-19-13-11-12-18(4)16-19)26-23(27-22(20)29(7)24-5)30(10-3)15-14-28(6)9-2/h11-13,16H,5,8-10,14-15,17H2,1-4,6-7H3,(H,25,26,27). The van der Waals surface area contributed by atoms with Crippen LogP contribution in [0.1, 0.15) is 37.5 Å². The molecule has 0 saturated carbocycles. The van der Waals surface area contributed by atoms with Crippen LogP contribution in [0.2, 0.25) is 0 Å². The van der Waals surface area contributed by atoms with Crippen molar-refractivity contribution in [2.24, 2.45) is 5.10 Å². The molecule has 1 N–H and O–H groups in total. The summed E-state index contributed by atoms with van der Waals surface area (Å²) in [6.07, 6.45) is 0.802. The smallest absolute Gasteiger partial charge is 0.229 e. The maximum absolute atomic E-state index is 4.93. The van der Waals surface area contributed by atoms with Crippen molar-refractivity contribution in [2.75, 3.05) is 55.5 Å². The van der Waals surface area contributed by atoms with Crippen LogP contribution >= 0.6 is 0 Å². The normalized spacial score (nSPS) is 10.9. The number of hydrogen-bond donors (Lipinski definition) is 1. The summed E-state index contributed by atoms with van der Waals surface area (Å²) in [5, 5.41) is 9.37. The van der Waals surface area contributed by atoms with Gasteiger partial charge in [0.25, 0.3) is 0 Å². The zero-order valence-electron chi connectivity index (χ0n) is 19.4. The van der Waals surface area contributed by atoms with E-state index in [1.54, 1.807) is 5.01 Å². The van der Waals surface area contributed by atoms with Crippen molar-refractivity contribution in [2.45, 2.75) is 40.7 Å². The lowest BCUT2D eigenvalue weighted by molar-refractivity contribution is 0.358. The quantitative estimate of drug-likeness (QED) is 0.424. The lowest BCUT2D eigenvalue weighted by Crippen LogP contribution is -2.34. The van der Waals surface area contributed by atoms with Gasteiger partial charge < -0.3 is 15.1 Å². The Bertz CT molecular complexity index is 821. The highest BCUT2D eigenvalue weighted by Gasteiger charge is 2.19. The molecule has 0 amide bonds. The summed E-state index contributed by atoms with van der Waals surface area (Å²) < 4.78 is 0. The van der Waals surface area contributed by atoms with E-state index in [4.69, 9.17) is 9.97 Å². The molecule has 2 rings (SSSR count). The number of likely N-dealkylation sites (N-methyl/N-ethyl adjacent to an activating group) is 2. The molecule has 30 heavy (non-hydrogen) atoms. The molecule has 7 heteroatoms. The predicted octanol–water partition coefficient (Wildman–Crippen LogP) is 3.79. The molecular weight excluding hydrogens is 374 g/mol. The molecule has 2 aromatic rings. The van der Waals surface area contributed by atoms with E-state index in [1.807, 2.05) is 7.05 Å². The minimum atomic E-state index is 0.709. The van der Waals surface area contributed by atoms with Gasteiger partial charge in [0.2, 0.25) is 5.95 Å². The molecule has 0 aliphatic heterocycles. The Labute approximate surface area is 181 Å². The van der Waals surface area contributed by atoms with Crippen molar-refractivity contribution in [3.63, 3.8) is 0 Å². The molecule has 0 aliphatic rings. The second-order valence-corrected chi connectivity index (χ2v) is 7.51. The molecule has 7 nitrogen and oxygen atoms in total. The van der Waals surface area contributed by atoms with Gasteiger partial charge in [0.1, 0.15) is 5.82 Å². The summed E-state index contributed by atoms with van der Waals surface area (Å²) in [5.41, 5.74) is 3.52. The van der Waals surface area contributed by atoms with Crippen molar-refractivity contribution >= 4 is 24.3 Å². The van der Waals surface area contributed by atoms with E-state index in [0.717, 1.165) is 55.7 Å². The number of hydrogen-bond acceptors (Lipinski definition) is 7. The van der Waals surface area contributed by atoms with Crippen LogP contribution in [-0.2, 0) is 13.0 Å². The third-order valence-electron chi connectivity index (χ3n) is 5.34. The summed E-state index contributed by atoms with van der Waals surface area (Å²) in [4.78, 5) is 14.3. The van der Waals surface area contributed by atoms with E-state index >= 15 is 0 Å². The predicted molar refractivity (Wildman–Crippen MR) is 129 cm³/mol. The summed E-state index contributed by atoms with van der Waals surface area (Å²) >= 11 is 0. The van der Waals surface area contributed by atoms with Gasteiger partial charge in [-0.05, 0) is 39.4 Å². The molecule has 0 bridgehead atoms. The molecule has 1 aromatic heterocycles. The zero-order valence-corrected chi connectivity index (χ0v) is 19.4. The van der Waals surface area contributed by atoms with Crippen LogP contribution in [0.4, 0.5) is 17.6 Å². The first kappa shape index (κ1) is 23.6. The first-order valence-electron chi connectivity index (χ1n) is 10.8. The van der Waals surface area contributed by atoms with E-state index in [0.29, 0.717) is 6.54 Å². The maximum atomic E-state index is 4.93. The van der Waals surface area contributed by atoms with Gasteiger partial charge in [0, 0.05) is 45.5 Å². The molecule has 164 valence electrons. The van der Waals surface area contributed by atoms with E-state index in [2.05, 4.69) is 85.9 Å². The molecular formula is C23H37N7. The Balaban J connectivity index is 2.39. The summed E-state index contributed by atoms with van der Waals surface area (Å²) in [6.45, 7) is 16.6. The molecule has 0 unspecified atom stereocenters. The Kier molecular flexibility index (Phi) is 9.05. The van der Waals surface area contributed by atoms with Crippen molar-refractivity contribution < 1.29 is 0 Å². The number of hydrazone groups is 1. The van der Waals surface area contributed by atoms with Crippen LogP contribution in [0.3, 0.4) is 0 Å². The van der Waals surface area contributed by atoms with Crippen LogP contribution in [0.25, 0.3) is 0 Å². The number of nitrogens with one attached hydrogen (secondary N) is 1. The fourth-order valence-corrected chi connectivity index (χ4v) is 3.27. The van der Waals surface area contributed by atoms with Gasteiger partial charge in [-0.2, -0.15) is 15.1 Å². The number of rotatable bonds is 12. The van der Waals surface area contributed by atoms with Gasteiger partial charge >= 0.3 is 0 Å². The highest BCUT2D eigenvalue weighted by molar-refractivity contribution is 5.63. The fourth-order valence-electron chi connectivity index (χ4n) is 3.27. The van der Waals surface area contributed by atoms with Gasteiger partial charge in [0.15, 0.2) is 5.82 Å². The molecule has 0 spiro atoms. The summed E-state index contributed by atoms with van der Waals surface area (Å²) in [7, 11) is 4.01. The summed E-state index contributed by atoms with van der Waals surface area (Å²) in [6, 6.07) is 8.52. The Morgan fingerprint density at radius 3 is 2.43 bits per heavy atom. The SMILES string of the molecule is C=NN(C)c1nc(N(CC)CCN(C)CC)nc(NCc2cccc(C)c2)c1CC. The number of aromatic nitrogens is 2. The number of nitrogens with zero attached hydrogens (tertiary/aromatic N) is 6. The van der Waals surface area contributed by atoms with E-state index in [9.17, 15) is 0 Å². The minimum absolute atomic E-state index is 0.709. The van der Waals surface area contributed by atoms with Gasteiger partial charge in [-0.25, -0.2) is 0 Å². The van der Waals surface area contributed by atoms with Crippen molar-refractivity contribution in [1.29, 1.82) is 0 Å². The van der Waals surface area contributed by atoms with Gasteiger partial charge in [0.05, 0.1) is 0 Å². The number of aryl methyl sites for hydroxylation is 1. The minimum Gasteiger partial charge on any atom is -0.366 e. The topological polar surface area (TPSA) is 59.9 Å².